The molecular formula is C14H14N4. The van der Waals surface area contributed by atoms with E-state index in [2.05, 4.69) is 34.2 Å². The second kappa shape index (κ2) is 4.22. The van der Waals surface area contributed by atoms with Gasteiger partial charge in [0.1, 0.15) is 5.84 Å². The maximum atomic E-state index is 5.76. The molecule has 4 nitrogen and oxygen atoms in total. The van der Waals surface area contributed by atoms with E-state index in [1.165, 1.54) is 0 Å². The molecule has 0 radical (unpaired) electrons. The van der Waals surface area contributed by atoms with Crippen molar-refractivity contribution < 1.29 is 0 Å². The molecule has 90 valence electrons. The third-order valence-electron chi connectivity index (χ3n) is 3.23. The van der Waals surface area contributed by atoms with Gasteiger partial charge in [-0.2, -0.15) is 5.10 Å². The summed E-state index contributed by atoms with van der Waals surface area (Å²) in [5, 5.41) is 9.37. The van der Waals surface area contributed by atoms with Crippen molar-refractivity contribution in [2.75, 3.05) is 0 Å². The second-order valence-corrected chi connectivity index (χ2v) is 4.56. The highest BCUT2D eigenvalue weighted by Gasteiger charge is 2.18. The lowest BCUT2D eigenvalue weighted by molar-refractivity contribution is 0.780. The number of nitrogens with two attached hydrogens (primary N) is 1. The van der Waals surface area contributed by atoms with Crippen molar-refractivity contribution in [3.05, 3.63) is 42.1 Å². The Bertz CT molecular complexity index is 652. The van der Waals surface area contributed by atoms with Gasteiger partial charge in [-0.3, -0.25) is 4.98 Å². The molecule has 0 spiro atoms. The number of rotatable bonds is 1. The Kier molecular flexibility index (Phi) is 2.55. The fourth-order valence-corrected chi connectivity index (χ4v) is 2.15. The van der Waals surface area contributed by atoms with Gasteiger partial charge < -0.3 is 5.73 Å². The number of benzene rings is 1. The van der Waals surface area contributed by atoms with Crippen LogP contribution in [0.2, 0.25) is 0 Å². The molecule has 0 saturated carbocycles. The number of nitrogens with zero attached hydrogens (tertiary/aromatic N) is 3. The third-order valence-corrected chi connectivity index (χ3v) is 3.23. The lowest BCUT2D eigenvalue weighted by Gasteiger charge is -2.16. The zero-order valence-electron chi connectivity index (χ0n) is 10.2. The first-order valence-corrected chi connectivity index (χ1v) is 5.99. The monoisotopic (exact) mass is 238 g/mol. The molecule has 1 aromatic heterocycles. The second-order valence-electron chi connectivity index (χ2n) is 4.56. The van der Waals surface area contributed by atoms with Crippen LogP contribution in [0, 0.1) is 5.92 Å². The molecule has 1 aliphatic heterocycles. The largest absolute Gasteiger partial charge is 0.385 e. The third kappa shape index (κ3) is 1.76. The van der Waals surface area contributed by atoms with Crippen molar-refractivity contribution in [3.8, 4) is 0 Å². The highest BCUT2D eigenvalue weighted by molar-refractivity contribution is 6.11. The van der Waals surface area contributed by atoms with Crippen LogP contribution in [-0.2, 0) is 0 Å². The zero-order chi connectivity index (χ0) is 12.5. The van der Waals surface area contributed by atoms with Crippen molar-refractivity contribution in [3.63, 3.8) is 0 Å². The maximum absolute atomic E-state index is 5.76. The minimum Gasteiger partial charge on any atom is -0.385 e. The Morgan fingerprint density at radius 1 is 1.17 bits per heavy atom. The van der Waals surface area contributed by atoms with E-state index in [9.17, 15) is 0 Å². The molecule has 2 N–H and O–H groups in total. The van der Waals surface area contributed by atoms with E-state index in [4.69, 9.17) is 5.73 Å². The predicted octanol–water partition coefficient (Wildman–Crippen LogP) is 2.34. The minimum absolute atomic E-state index is 0.233. The van der Waals surface area contributed by atoms with E-state index < -0.39 is 0 Å². The first-order valence-electron chi connectivity index (χ1n) is 5.99. The molecule has 1 atom stereocenters. The van der Waals surface area contributed by atoms with Gasteiger partial charge in [0.25, 0.3) is 0 Å². The zero-order valence-corrected chi connectivity index (χ0v) is 10.2. The predicted molar refractivity (Wildman–Crippen MR) is 73.7 cm³/mol. The van der Waals surface area contributed by atoms with Crippen LogP contribution in [0.25, 0.3) is 10.9 Å². The molecule has 0 aliphatic carbocycles. The summed E-state index contributed by atoms with van der Waals surface area (Å²) in [6.07, 6.45) is 2.61. The van der Waals surface area contributed by atoms with Gasteiger partial charge in [0.2, 0.25) is 0 Å². The van der Waals surface area contributed by atoms with Crippen LogP contribution in [0.4, 0.5) is 0 Å². The topological polar surface area (TPSA) is 63.6 Å². The Hall–Kier alpha value is -2.23. The lowest BCUT2D eigenvalue weighted by atomic mass is 9.95. The van der Waals surface area contributed by atoms with Crippen molar-refractivity contribution in [2.45, 2.75) is 13.3 Å². The van der Waals surface area contributed by atoms with E-state index in [0.29, 0.717) is 5.84 Å². The van der Waals surface area contributed by atoms with Gasteiger partial charge in [-0.15, -0.1) is 5.10 Å². The van der Waals surface area contributed by atoms with Crippen LogP contribution in [-0.4, -0.2) is 16.5 Å². The number of para-hydroxylation sites is 1. The minimum atomic E-state index is 0.233. The maximum Gasteiger partial charge on any atom is 0.125 e. The lowest BCUT2D eigenvalue weighted by Crippen LogP contribution is -2.26. The molecule has 1 unspecified atom stereocenters. The van der Waals surface area contributed by atoms with Gasteiger partial charge in [-0.1, -0.05) is 31.2 Å². The first kappa shape index (κ1) is 10.9. The Labute approximate surface area is 105 Å². The van der Waals surface area contributed by atoms with Gasteiger partial charge in [-0.05, 0) is 6.07 Å². The van der Waals surface area contributed by atoms with Crippen molar-refractivity contribution >= 4 is 22.5 Å². The van der Waals surface area contributed by atoms with Crippen LogP contribution >= 0.6 is 0 Å². The molecule has 0 fully saturated rings. The molecule has 3 rings (SSSR count). The van der Waals surface area contributed by atoms with Crippen molar-refractivity contribution in [1.29, 1.82) is 0 Å². The van der Waals surface area contributed by atoms with Gasteiger partial charge in [-0.25, -0.2) is 0 Å². The summed E-state index contributed by atoms with van der Waals surface area (Å²) in [7, 11) is 0. The quantitative estimate of drug-likeness (QED) is 0.828. The molecule has 1 aromatic carbocycles. The highest BCUT2D eigenvalue weighted by Crippen LogP contribution is 2.22. The van der Waals surface area contributed by atoms with E-state index in [1.54, 1.807) is 6.20 Å². The SMILES string of the molecule is CC1CC(c2cccc3cccnc23)=NN=C1N. The molecule has 4 heteroatoms. The number of amidine groups is 1. The molecule has 0 saturated heterocycles. The smallest absolute Gasteiger partial charge is 0.125 e. The summed E-state index contributed by atoms with van der Waals surface area (Å²) in [5.41, 5.74) is 8.74. The summed E-state index contributed by atoms with van der Waals surface area (Å²) >= 11 is 0. The Balaban J connectivity index is 2.16. The average molecular weight is 238 g/mol. The average Bonchev–Trinajstić information content (AvgIpc) is 2.41. The van der Waals surface area contributed by atoms with E-state index in [1.807, 2.05) is 18.2 Å². The fourth-order valence-electron chi connectivity index (χ4n) is 2.15. The van der Waals surface area contributed by atoms with Crippen LogP contribution in [0.5, 0.6) is 0 Å². The van der Waals surface area contributed by atoms with E-state index >= 15 is 0 Å². The van der Waals surface area contributed by atoms with E-state index in [-0.39, 0.29) is 5.92 Å². The first-order chi connectivity index (χ1) is 8.75. The van der Waals surface area contributed by atoms with Gasteiger partial charge in [0.05, 0.1) is 11.2 Å². The number of aromatic nitrogens is 1. The summed E-state index contributed by atoms with van der Waals surface area (Å²) in [6.45, 7) is 2.06. The fraction of sp³-hybridized carbons (Fsp3) is 0.214. The van der Waals surface area contributed by atoms with Gasteiger partial charge in [0.15, 0.2) is 0 Å². The summed E-state index contributed by atoms with van der Waals surface area (Å²) < 4.78 is 0. The van der Waals surface area contributed by atoms with Crippen LogP contribution in [0.3, 0.4) is 0 Å². The molecule has 2 aromatic rings. The van der Waals surface area contributed by atoms with Crippen LogP contribution in [0.15, 0.2) is 46.7 Å². The van der Waals surface area contributed by atoms with E-state index in [0.717, 1.165) is 28.6 Å². The van der Waals surface area contributed by atoms with Gasteiger partial charge >= 0.3 is 0 Å². The van der Waals surface area contributed by atoms with Crippen LogP contribution < -0.4 is 5.73 Å². The van der Waals surface area contributed by atoms with Crippen molar-refractivity contribution in [1.82, 2.24) is 4.98 Å². The summed E-state index contributed by atoms with van der Waals surface area (Å²) in [4.78, 5) is 4.44. The summed E-state index contributed by atoms with van der Waals surface area (Å²) in [5.74, 6) is 0.836. The Morgan fingerprint density at radius 3 is 2.83 bits per heavy atom. The molecule has 0 amide bonds. The normalized spacial score (nSPS) is 19.5. The number of hydrogen-bond donors (Lipinski definition) is 1. The molecule has 18 heavy (non-hydrogen) atoms. The van der Waals surface area contributed by atoms with Gasteiger partial charge in [0, 0.05) is 29.5 Å². The van der Waals surface area contributed by atoms with Crippen molar-refractivity contribution in [2.24, 2.45) is 21.9 Å². The Morgan fingerprint density at radius 2 is 2.00 bits per heavy atom. The highest BCUT2D eigenvalue weighted by atomic mass is 15.2. The number of hydrogen-bond acceptors (Lipinski definition) is 4. The molecule has 2 heterocycles. The number of pyridine rings is 1. The standard InChI is InChI=1S/C14H14N4/c1-9-8-12(17-18-14(9)15)11-6-2-4-10-5-3-7-16-13(10)11/h2-7,9H,8H2,1H3,(H2,15,18). The molecule has 1 aliphatic rings. The summed E-state index contributed by atoms with van der Waals surface area (Å²) in [6, 6.07) is 10.1. The molecular weight excluding hydrogens is 224 g/mol. The number of fused-ring (bicyclic) bond motifs is 1. The van der Waals surface area contributed by atoms with Crippen LogP contribution in [0.1, 0.15) is 18.9 Å². The molecule has 0 bridgehead atoms.